The van der Waals surface area contributed by atoms with E-state index >= 15 is 0 Å². The maximum absolute atomic E-state index is 12.3. The smallest absolute Gasteiger partial charge is 0.303 e. The molecule has 0 unspecified atom stereocenters. The van der Waals surface area contributed by atoms with E-state index in [2.05, 4.69) is 0 Å². The second kappa shape index (κ2) is 4.74. The molecule has 3 rings (SSSR count). The number of hydrogen-bond donors (Lipinski definition) is 1. The molecule has 0 bridgehead atoms. The van der Waals surface area contributed by atoms with Crippen LogP contribution >= 0.6 is 0 Å². The van der Waals surface area contributed by atoms with Crippen LogP contribution in [0.3, 0.4) is 0 Å². The topological polar surface area (TPSA) is 74.7 Å². The van der Waals surface area contributed by atoms with E-state index in [-0.39, 0.29) is 30.2 Å². The third-order valence-electron chi connectivity index (χ3n) is 4.17. The Kier molecular flexibility index (Phi) is 3.04. The zero-order chi connectivity index (χ0) is 14.3. The van der Waals surface area contributed by atoms with Gasteiger partial charge in [0.2, 0.25) is 0 Å². The van der Waals surface area contributed by atoms with E-state index in [4.69, 9.17) is 5.11 Å². The van der Waals surface area contributed by atoms with Gasteiger partial charge in [0.1, 0.15) is 0 Å². The van der Waals surface area contributed by atoms with Crippen LogP contribution in [0.2, 0.25) is 0 Å². The molecular weight excluding hydrogens is 258 g/mol. The summed E-state index contributed by atoms with van der Waals surface area (Å²) in [6.07, 6.45) is 2.16. The summed E-state index contributed by atoms with van der Waals surface area (Å²) in [6, 6.07) is 6.66. The molecule has 0 spiro atoms. The van der Waals surface area contributed by atoms with Gasteiger partial charge < -0.3 is 5.11 Å². The van der Waals surface area contributed by atoms with Gasteiger partial charge in [0.25, 0.3) is 11.8 Å². The molecule has 1 saturated carbocycles. The Bertz CT molecular complexity index is 560. The van der Waals surface area contributed by atoms with Gasteiger partial charge in [0.05, 0.1) is 11.1 Å². The first kappa shape index (κ1) is 12.8. The van der Waals surface area contributed by atoms with Crippen LogP contribution in [0.5, 0.6) is 0 Å². The van der Waals surface area contributed by atoms with Crippen molar-refractivity contribution in [3.05, 3.63) is 35.4 Å². The predicted molar refractivity (Wildman–Crippen MR) is 70.3 cm³/mol. The number of fused-ring (bicyclic) bond motifs is 1. The summed E-state index contributed by atoms with van der Waals surface area (Å²) in [6.45, 7) is 0. The Balaban J connectivity index is 1.79. The number of carboxylic acids is 1. The van der Waals surface area contributed by atoms with Crippen LogP contribution < -0.4 is 0 Å². The molecule has 0 aromatic heterocycles. The number of aliphatic carboxylic acids is 1. The quantitative estimate of drug-likeness (QED) is 0.854. The molecule has 1 N–H and O–H groups in total. The largest absolute Gasteiger partial charge is 0.481 e. The van der Waals surface area contributed by atoms with Crippen LogP contribution in [0.25, 0.3) is 0 Å². The number of hydrogen-bond acceptors (Lipinski definition) is 3. The molecule has 0 radical (unpaired) electrons. The van der Waals surface area contributed by atoms with E-state index < -0.39 is 5.97 Å². The zero-order valence-electron chi connectivity index (χ0n) is 10.9. The third kappa shape index (κ3) is 1.99. The van der Waals surface area contributed by atoms with Crippen LogP contribution in [0.1, 0.15) is 46.4 Å². The van der Waals surface area contributed by atoms with Gasteiger partial charge >= 0.3 is 5.97 Å². The standard InChI is InChI=1S/C15H15NO4/c17-13(18)8-9-5-6-10(7-9)16-14(19)11-3-1-2-4-12(11)15(16)20/h1-4,9-10H,5-8H2,(H,17,18)/t9-,10-/m0/s1. The normalized spacial score (nSPS) is 25.1. The highest BCUT2D eigenvalue weighted by Crippen LogP contribution is 2.35. The Hall–Kier alpha value is -2.17. The van der Waals surface area contributed by atoms with Gasteiger partial charge in [-0.1, -0.05) is 12.1 Å². The maximum atomic E-state index is 12.3. The lowest BCUT2D eigenvalue weighted by Crippen LogP contribution is -2.38. The van der Waals surface area contributed by atoms with Gasteiger partial charge in [-0.2, -0.15) is 0 Å². The molecule has 1 aliphatic heterocycles. The van der Waals surface area contributed by atoms with Crippen molar-refractivity contribution in [3.8, 4) is 0 Å². The number of carboxylic acid groups (broad SMARTS) is 1. The summed E-state index contributed by atoms with van der Waals surface area (Å²) in [5.74, 6) is -1.25. The van der Waals surface area contributed by atoms with Gasteiger partial charge in [-0.05, 0) is 37.3 Å². The monoisotopic (exact) mass is 273 g/mol. The Morgan fingerprint density at radius 1 is 1.15 bits per heavy atom. The molecule has 1 heterocycles. The van der Waals surface area contributed by atoms with Gasteiger partial charge in [-0.3, -0.25) is 19.3 Å². The maximum Gasteiger partial charge on any atom is 0.303 e. The summed E-state index contributed by atoms with van der Waals surface area (Å²) in [7, 11) is 0. The molecule has 0 saturated heterocycles. The summed E-state index contributed by atoms with van der Waals surface area (Å²) < 4.78 is 0. The molecule has 104 valence electrons. The molecule has 2 aliphatic rings. The molecule has 1 fully saturated rings. The number of rotatable bonds is 3. The number of carbonyl (C=O) groups excluding carboxylic acids is 2. The summed E-state index contributed by atoms with van der Waals surface area (Å²) >= 11 is 0. The number of benzene rings is 1. The molecule has 5 heteroatoms. The zero-order valence-corrected chi connectivity index (χ0v) is 10.9. The molecule has 5 nitrogen and oxygen atoms in total. The van der Waals surface area contributed by atoms with E-state index in [9.17, 15) is 14.4 Å². The Labute approximate surface area is 116 Å². The van der Waals surface area contributed by atoms with Gasteiger partial charge in [0, 0.05) is 12.5 Å². The fraction of sp³-hybridized carbons (Fsp3) is 0.400. The molecule has 1 aromatic carbocycles. The molecule has 2 atom stereocenters. The van der Waals surface area contributed by atoms with Crippen molar-refractivity contribution in [3.63, 3.8) is 0 Å². The first-order valence-electron chi connectivity index (χ1n) is 6.76. The fourth-order valence-electron chi connectivity index (χ4n) is 3.25. The molecular formula is C15H15NO4. The number of nitrogens with zero attached hydrogens (tertiary/aromatic N) is 1. The minimum absolute atomic E-state index is 0.0572. The molecule has 2 amide bonds. The van der Waals surface area contributed by atoms with E-state index in [0.717, 1.165) is 6.42 Å². The number of amides is 2. The van der Waals surface area contributed by atoms with E-state index in [1.54, 1.807) is 24.3 Å². The highest BCUT2D eigenvalue weighted by Gasteiger charge is 2.42. The first-order chi connectivity index (χ1) is 9.58. The SMILES string of the molecule is O=C(O)C[C@H]1CC[C@H](N2C(=O)c3ccccc3C2=O)C1. The second-order valence-electron chi connectivity index (χ2n) is 5.46. The molecule has 1 aromatic rings. The number of carbonyl (C=O) groups is 3. The highest BCUT2D eigenvalue weighted by molar-refractivity contribution is 6.21. The van der Waals surface area contributed by atoms with Crippen molar-refractivity contribution < 1.29 is 19.5 Å². The lowest BCUT2D eigenvalue weighted by molar-refractivity contribution is -0.138. The second-order valence-corrected chi connectivity index (χ2v) is 5.46. The summed E-state index contributed by atoms with van der Waals surface area (Å²) in [4.78, 5) is 36.7. The van der Waals surface area contributed by atoms with Crippen molar-refractivity contribution in [2.45, 2.75) is 31.7 Å². The Morgan fingerprint density at radius 2 is 1.75 bits per heavy atom. The van der Waals surface area contributed by atoms with Crippen molar-refractivity contribution in [1.82, 2.24) is 4.90 Å². The van der Waals surface area contributed by atoms with Crippen molar-refractivity contribution in [1.29, 1.82) is 0 Å². The summed E-state index contributed by atoms with van der Waals surface area (Å²) in [5.41, 5.74) is 0.915. The van der Waals surface area contributed by atoms with Crippen LogP contribution in [0, 0.1) is 5.92 Å². The molecule has 1 aliphatic carbocycles. The minimum Gasteiger partial charge on any atom is -0.481 e. The highest BCUT2D eigenvalue weighted by atomic mass is 16.4. The van der Waals surface area contributed by atoms with E-state index in [1.165, 1.54) is 4.90 Å². The van der Waals surface area contributed by atoms with E-state index in [1.807, 2.05) is 0 Å². The van der Waals surface area contributed by atoms with Crippen LogP contribution in [-0.2, 0) is 4.79 Å². The summed E-state index contributed by atoms with van der Waals surface area (Å²) in [5, 5.41) is 8.82. The fourth-order valence-corrected chi connectivity index (χ4v) is 3.25. The van der Waals surface area contributed by atoms with Gasteiger partial charge in [0.15, 0.2) is 0 Å². The number of imide groups is 1. The van der Waals surface area contributed by atoms with Crippen LogP contribution in [0.15, 0.2) is 24.3 Å². The molecule has 20 heavy (non-hydrogen) atoms. The predicted octanol–water partition coefficient (Wildman–Crippen LogP) is 1.93. The average Bonchev–Trinajstić information content (AvgIpc) is 2.94. The van der Waals surface area contributed by atoms with E-state index in [0.29, 0.717) is 24.0 Å². The lowest BCUT2D eigenvalue weighted by Gasteiger charge is -2.21. The van der Waals surface area contributed by atoms with Gasteiger partial charge in [-0.15, -0.1) is 0 Å². The third-order valence-corrected chi connectivity index (χ3v) is 4.17. The van der Waals surface area contributed by atoms with Crippen molar-refractivity contribution in [2.75, 3.05) is 0 Å². The van der Waals surface area contributed by atoms with Crippen molar-refractivity contribution >= 4 is 17.8 Å². The average molecular weight is 273 g/mol. The van der Waals surface area contributed by atoms with Crippen molar-refractivity contribution in [2.24, 2.45) is 5.92 Å². The van der Waals surface area contributed by atoms with Crippen LogP contribution in [0.4, 0.5) is 0 Å². The first-order valence-corrected chi connectivity index (χ1v) is 6.76. The lowest BCUT2D eigenvalue weighted by atomic mass is 10.0. The van der Waals surface area contributed by atoms with Crippen LogP contribution in [-0.4, -0.2) is 33.8 Å². The van der Waals surface area contributed by atoms with Gasteiger partial charge in [-0.25, -0.2) is 0 Å². The Morgan fingerprint density at radius 3 is 2.30 bits per heavy atom. The minimum atomic E-state index is -0.821.